The molecule has 37 heavy (non-hydrogen) atoms. The summed E-state index contributed by atoms with van der Waals surface area (Å²) in [7, 11) is -4.04. The van der Waals surface area contributed by atoms with E-state index in [0.29, 0.717) is 22.9 Å². The van der Waals surface area contributed by atoms with Crippen LogP contribution in [0.5, 0.6) is 5.75 Å². The highest BCUT2D eigenvalue weighted by atomic mass is 35.5. The van der Waals surface area contributed by atoms with E-state index in [1.807, 2.05) is 42.5 Å². The van der Waals surface area contributed by atoms with Crippen LogP contribution in [0.25, 0.3) is 0 Å². The van der Waals surface area contributed by atoms with Crippen molar-refractivity contribution in [1.29, 1.82) is 0 Å². The Labute approximate surface area is 221 Å². The maximum atomic E-state index is 13.4. The van der Waals surface area contributed by atoms with Gasteiger partial charge in [-0.25, -0.2) is 13.8 Å². The first-order chi connectivity index (χ1) is 17.9. The van der Waals surface area contributed by atoms with Gasteiger partial charge >= 0.3 is 0 Å². The van der Waals surface area contributed by atoms with Crippen molar-refractivity contribution in [2.75, 3.05) is 10.8 Å². The van der Waals surface area contributed by atoms with Crippen LogP contribution < -0.4 is 14.5 Å². The molecule has 4 aromatic rings. The third-order valence-electron chi connectivity index (χ3n) is 5.26. The van der Waals surface area contributed by atoms with E-state index in [-0.39, 0.29) is 10.6 Å². The van der Waals surface area contributed by atoms with Gasteiger partial charge in [0, 0.05) is 10.6 Å². The van der Waals surface area contributed by atoms with Crippen LogP contribution in [0.4, 0.5) is 5.69 Å². The maximum absolute atomic E-state index is 13.4. The Bertz CT molecular complexity index is 1480. The number of nitrogens with zero attached hydrogens (tertiary/aromatic N) is 2. The van der Waals surface area contributed by atoms with Crippen LogP contribution >= 0.6 is 11.6 Å². The van der Waals surface area contributed by atoms with E-state index >= 15 is 0 Å². The predicted molar refractivity (Wildman–Crippen MR) is 145 cm³/mol. The average molecular weight is 534 g/mol. The van der Waals surface area contributed by atoms with Gasteiger partial charge in [-0.05, 0) is 48.0 Å². The first-order valence-electron chi connectivity index (χ1n) is 11.3. The van der Waals surface area contributed by atoms with Gasteiger partial charge in [-0.15, -0.1) is 0 Å². The first kappa shape index (κ1) is 25.9. The zero-order chi connectivity index (χ0) is 26.1. The Morgan fingerprint density at radius 3 is 2.30 bits per heavy atom. The number of benzene rings is 4. The lowest BCUT2D eigenvalue weighted by Gasteiger charge is -2.23. The number of hydrogen-bond donors (Lipinski definition) is 1. The molecule has 0 radical (unpaired) electrons. The standard InChI is InChI=1S/C28H24ClN3O4S/c29-24-13-9-14-25(18-24)32(37(34,35)26-15-5-2-6-16-26)20-28(33)31-30-19-23-12-7-8-17-27(23)36-21-22-10-3-1-4-11-22/h1-19H,20-21H2,(H,31,33)/b30-19-. The van der Waals surface area contributed by atoms with Gasteiger partial charge in [0.05, 0.1) is 16.8 Å². The number of amides is 1. The SMILES string of the molecule is O=C(CN(c1cccc(Cl)c1)S(=O)(=O)c1ccccc1)N/N=C\c1ccccc1OCc1ccccc1. The van der Waals surface area contributed by atoms with Gasteiger partial charge in [-0.2, -0.15) is 5.10 Å². The summed E-state index contributed by atoms with van der Waals surface area (Å²) in [6, 6.07) is 31.2. The third kappa shape index (κ3) is 6.97. The molecule has 7 nitrogen and oxygen atoms in total. The maximum Gasteiger partial charge on any atom is 0.264 e. The number of carbonyl (C=O) groups is 1. The molecule has 0 aliphatic rings. The molecule has 4 rings (SSSR count). The molecule has 0 fully saturated rings. The molecule has 188 valence electrons. The fourth-order valence-electron chi connectivity index (χ4n) is 3.46. The molecule has 0 aliphatic carbocycles. The Hall–Kier alpha value is -4.14. The van der Waals surface area contributed by atoms with Crippen molar-refractivity contribution >= 4 is 39.4 Å². The zero-order valence-electron chi connectivity index (χ0n) is 19.7. The normalized spacial score (nSPS) is 11.3. The molecule has 0 atom stereocenters. The van der Waals surface area contributed by atoms with Gasteiger partial charge < -0.3 is 4.74 Å². The van der Waals surface area contributed by atoms with E-state index in [9.17, 15) is 13.2 Å². The Morgan fingerprint density at radius 2 is 1.57 bits per heavy atom. The molecule has 9 heteroatoms. The highest BCUT2D eigenvalue weighted by molar-refractivity contribution is 7.92. The lowest BCUT2D eigenvalue weighted by molar-refractivity contribution is -0.119. The second kappa shape index (κ2) is 12.2. The minimum atomic E-state index is -4.04. The van der Waals surface area contributed by atoms with Gasteiger partial charge in [0.1, 0.15) is 18.9 Å². The van der Waals surface area contributed by atoms with Crippen LogP contribution in [-0.2, 0) is 21.4 Å². The molecule has 0 aromatic heterocycles. The Kier molecular flexibility index (Phi) is 8.56. The predicted octanol–water partition coefficient (Wildman–Crippen LogP) is 5.26. The number of para-hydroxylation sites is 1. The molecular weight excluding hydrogens is 510 g/mol. The van der Waals surface area contributed by atoms with Gasteiger partial charge in [0.25, 0.3) is 15.9 Å². The van der Waals surface area contributed by atoms with Gasteiger partial charge in [-0.1, -0.05) is 78.3 Å². The van der Waals surface area contributed by atoms with Crippen molar-refractivity contribution in [3.05, 3.63) is 125 Å². The van der Waals surface area contributed by atoms with Gasteiger partial charge in [-0.3, -0.25) is 9.10 Å². The molecule has 0 heterocycles. The van der Waals surface area contributed by atoms with E-state index < -0.39 is 22.5 Å². The van der Waals surface area contributed by atoms with Crippen LogP contribution in [0.15, 0.2) is 119 Å². The molecule has 0 saturated heterocycles. The summed E-state index contributed by atoms with van der Waals surface area (Å²) in [6.45, 7) is -0.120. The van der Waals surface area contributed by atoms with Gasteiger partial charge in [0.2, 0.25) is 0 Å². The lowest BCUT2D eigenvalue weighted by atomic mass is 10.2. The summed E-state index contributed by atoms with van der Waals surface area (Å²) < 4.78 is 33.6. The molecule has 1 N–H and O–H groups in total. The molecule has 0 unspecified atom stereocenters. The van der Waals surface area contributed by atoms with Crippen molar-refractivity contribution in [3.63, 3.8) is 0 Å². The van der Waals surface area contributed by atoms with Crippen LogP contribution in [-0.4, -0.2) is 27.1 Å². The topological polar surface area (TPSA) is 88.1 Å². The number of rotatable bonds is 10. The molecular formula is C28H24ClN3O4S. The minimum absolute atomic E-state index is 0.0516. The van der Waals surface area contributed by atoms with Crippen molar-refractivity contribution in [2.24, 2.45) is 5.10 Å². The quantitative estimate of drug-likeness (QED) is 0.222. The average Bonchev–Trinajstić information content (AvgIpc) is 2.92. The molecule has 0 aliphatic heterocycles. The van der Waals surface area contributed by atoms with E-state index in [2.05, 4.69) is 10.5 Å². The molecule has 0 spiro atoms. The Balaban J connectivity index is 1.48. The van der Waals surface area contributed by atoms with E-state index in [4.69, 9.17) is 16.3 Å². The van der Waals surface area contributed by atoms with Crippen LogP contribution in [0, 0.1) is 0 Å². The number of sulfonamides is 1. The van der Waals surface area contributed by atoms with Crippen LogP contribution in [0.1, 0.15) is 11.1 Å². The number of carbonyl (C=O) groups excluding carboxylic acids is 1. The third-order valence-corrected chi connectivity index (χ3v) is 7.29. The molecule has 1 amide bonds. The van der Waals surface area contributed by atoms with E-state index in [0.717, 1.165) is 9.87 Å². The highest BCUT2D eigenvalue weighted by Gasteiger charge is 2.27. The van der Waals surface area contributed by atoms with Crippen LogP contribution in [0.3, 0.4) is 0 Å². The summed E-state index contributed by atoms with van der Waals surface area (Å²) in [6.07, 6.45) is 1.45. The number of hydrazone groups is 1. The number of ether oxygens (including phenoxy) is 1. The monoisotopic (exact) mass is 533 g/mol. The lowest BCUT2D eigenvalue weighted by Crippen LogP contribution is -2.39. The Morgan fingerprint density at radius 1 is 0.892 bits per heavy atom. The van der Waals surface area contributed by atoms with Crippen molar-refractivity contribution in [2.45, 2.75) is 11.5 Å². The highest BCUT2D eigenvalue weighted by Crippen LogP contribution is 2.26. The first-order valence-corrected chi connectivity index (χ1v) is 13.2. The summed E-state index contributed by atoms with van der Waals surface area (Å²) in [5.41, 5.74) is 4.34. The van der Waals surface area contributed by atoms with Crippen molar-refractivity contribution in [1.82, 2.24) is 5.43 Å². The largest absolute Gasteiger partial charge is 0.488 e. The summed E-state index contributed by atoms with van der Waals surface area (Å²) >= 11 is 6.10. The van der Waals surface area contributed by atoms with Crippen LogP contribution in [0.2, 0.25) is 5.02 Å². The number of halogens is 1. The molecule has 4 aromatic carbocycles. The van der Waals surface area contributed by atoms with E-state index in [1.54, 1.807) is 48.5 Å². The minimum Gasteiger partial charge on any atom is -0.488 e. The number of hydrogen-bond acceptors (Lipinski definition) is 5. The fraction of sp³-hybridized carbons (Fsp3) is 0.0714. The fourth-order valence-corrected chi connectivity index (χ4v) is 5.08. The summed E-state index contributed by atoms with van der Waals surface area (Å²) in [5, 5.41) is 4.37. The zero-order valence-corrected chi connectivity index (χ0v) is 21.3. The van der Waals surface area contributed by atoms with Crippen molar-refractivity contribution in [3.8, 4) is 5.75 Å². The number of nitrogens with one attached hydrogen (secondary N) is 1. The summed E-state index contributed by atoms with van der Waals surface area (Å²) in [4.78, 5) is 12.8. The molecule has 0 saturated carbocycles. The smallest absolute Gasteiger partial charge is 0.264 e. The molecule has 0 bridgehead atoms. The van der Waals surface area contributed by atoms with Crippen molar-refractivity contribution < 1.29 is 17.9 Å². The number of anilines is 1. The van der Waals surface area contributed by atoms with E-state index in [1.165, 1.54) is 24.4 Å². The summed E-state index contributed by atoms with van der Waals surface area (Å²) in [5.74, 6) is -0.0324. The second-order valence-corrected chi connectivity index (χ2v) is 10.2. The van der Waals surface area contributed by atoms with Gasteiger partial charge in [0.15, 0.2) is 0 Å². The second-order valence-electron chi connectivity index (χ2n) is 7.91.